The molecule has 60 valence electrons. The van der Waals surface area contributed by atoms with Gasteiger partial charge >= 0.3 is 0 Å². The highest BCUT2D eigenvalue weighted by Crippen LogP contribution is 2.56. The number of nitrogens with one attached hydrogen (secondary N) is 1. The summed E-state index contributed by atoms with van der Waals surface area (Å²) in [6.45, 7) is 4.37. The van der Waals surface area contributed by atoms with Crippen molar-refractivity contribution >= 4 is 0 Å². The average molecular weight is 151 g/mol. The van der Waals surface area contributed by atoms with Crippen LogP contribution in [0.5, 0.6) is 0 Å². The van der Waals surface area contributed by atoms with Crippen LogP contribution in [0, 0.1) is 5.41 Å². The number of aromatic amines is 1. The fraction of sp³-hybridized carbons (Fsp3) is 0.625. The molecule has 1 aromatic heterocycles. The molecule has 0 amide bonds. The third-order valence-corrected chi connectivity index (χ3v) is 2.77. The quantitative estimate of drug-likeness (QED) is 0.625. The Bertz CT molecular complexity index is 250. The van der Waals surface area contributed by atoms with Crippen LogP contribution in [0.15, 0.2) is 12.3 Å². The fourth-order valence-electron chi connectivity index (χ4n) is 1.71. The monoisotopic (exact) mass is 151 g/mol. The highest BCUT2D eigenvalue weighted by atomic mass is 15.1. The highest BCUT2D eigenvalue weighted by molar-refractivity contribution is 5.27. The second-order valence-electron chi connectivity index (χ2n) is 3.84. The molecule has 2 atom stereocenters. The van der Waals surface area contributed by atoms with Crippen molar-refractivity contribution in [2.45, 2.75) is 25.8 Å². The van der Waals surface area contributed by atoms with Crippen LogP contribution in [0.4, 0.5) is 0 Å². The van der Waals surface area contributed by atoms with E-state index < -0.39 is 0 Å². The summed E-state index contributed by atoms with van der Waals surface area (Å²) in [4.78, 5) is 0. The minimum atomic E-state index is 0.256. The van der Waals surface area contributed by atoms with Crippen LogP contribution in [-0.2, 0) is 0 Å². The molecule has 3 N–H and O–H groups in total. The summed E-state index contributed by atoms with van der Waals surface area (Å²) in [7, 11) is 0. The highest BCUT2D eigenvalue weighted by Gasteiger charge is 2.56. The molecular formula is C8H13N3. The summed E-state index contributed by atoms with van der Waals surface area (Å²) in [5.41, 5.74) is 7.31. The number of nitrogens with zero attached hydrogens (tertiary/aromatic N) is 1. The molecule has 1 saturated carbocycles. The maximum absolute atomic E-state index is 5.89. The van der Waals surface area contributed by atoms with Crippen molar-refractivity contribution < 1.29 is 0 Å². The van der Waals surface area contributed by atoms with Gasteiger partial charge in [0.2, 0.25) is 0 Å². The van der Waals surface area contributed by atoms with Crippen LogP contribution in [-0.4, -0.2) is 16.2 Å². The molecular weight excluding hydrogens is 138 g/mol. The van der Waals surface area contributed by atoms with E-state index in [1.54, 1.807) is 6.20 Å². The Balaban J connectivity index is 2.23. The third kappa shape index (κ3) is 0.807. The van der Waals surface area contributed by atoms with E-state index in [1.165, 1.54) is 5.69 Å². The summed E-state index contributed by atoms with van der Waals surface area (Å²) in [6, 6.07) is 2.29. The predicted molar refractivity (Wildman–Crippen MR) is 43.1 cm³/mol. The standard InChI is InChI=1S/C8H13N3/c1-8(2)6(7(8)9)5-3-4-10-11-5/h3-4,6-7H,9H2,1-2H3,(H,10,11)/t6-,7-/m0/s1. The zero-order valence-corrected chi connectivity index (χ0v) is 6.83. The first-order valence-electron chi connectivity index (χ1n) is 3.89. The SMILES string of the molecule is CC1(C)[C@@H](N)[C@@H]1c1ccn[nH]1. The van der Waals surface area contributed by atoms with Gasteiger partial charge in [0.05, 0.1) is 0 Å². The predicted octanol–water partition coefficient (Wildman–Crippen LogP) is 0.860. The van der Waals surface area contributed by atoms with Crippen molar-refractivity contribution in [1.82, 2.24) is 10.2 Å². The molecule has 11 heavy (non-hydrogen) atoms. The van der Waals surface area contributed by atoms with Gasteiger partial charge in [-0.3, -0.25) is 5.10 Å². The number of aromatic nitrogens is 2. The van der Waals surface area contributed by atoms with E-state index in [2.05, 4.69) is 24.0 Å². The van der Waals surface area contributed by atoms with E-state index in [0.29, 0.717) is 12.0 Å². The van der Waals surface area contributed by atoms with E-state index in [-0.39, 0.29) is 5.41 Å². The Kier molecular flexibility index (Phi) is 1.16. The van der Waals surface area contributed by atoms with Crippen LogP contribution in [0.25, 0.3) is 0 Å². The van der Waals surface area contributed by atoms with Crippen LogP contribution >= 0.6 is 0 Å². The molecule has 0 spiro atoms. The van der Waals surface area contributed by atoms with Crippen LogP contribution < -0.4 is 5.73 Å². The zero-order chi connectivity index (χ0) is 8.06. The molecule has 2 rings (SSSR count). The minimum Gasteiger partial charge on any atom is -0.327 e. The van der Waals surface area contributed by atoms with Gasteiger partial charge in [-0.25, -0.2) is 0 Å². The second kappa shape index (κ2) is 1.85. The molecule has 1 aliphatic carbocycles. The lowest BCUT2D eigenvalue weighted by Gasteiger charge is -1.97. The van der Waals surface area contributed by atoms with Crippen LogP contribution in [0.1, 0.15) is 25.5 Å². The minimum absolute atomic E-state index is 0.256. The molecule has 3 heteroatoms. The molecule has 3 nitrogen and oxygen atoms in total. The van der Waals surface area contributed by atoms with Gasteiger partial charge in [-0.15, -0.1) is 0 Å². The molecule has 0 radical (unpaired) electrons. The first kappa shape index (κ1) is 6.85. The largest absolute Gasteiger partial charge is 0.327 e. The number of nitrogens with two attached hydrogens (primary N) is 1. The maximum atomic E-state index is 5.89. The summed E-state index contributed by atoms with van der Waals surface area (Å²) < 4.78 is 0. The Hall–Kier alpha value is -0.830. The van der Waals surface area contributed by atoms with Gasteiger partial charge in [-0.2, -0.15) is 5.10 Å². The Morgan fingerprint density at radius 2 is 2.27 bits per heavy atom. The molecule has 1 aromatic rings. The smallest absolute Gasteiger partial charge is 0.0490 e. The number of hydrogen-bond acceptors (Lipinski definition) is 2. The van der Waals surface area contributed by atoms with E-state index in [0.717, 1.165) is 0 Å². The lowest BCUT2D eigenvalue weighted by molar-refractivity contribution is 0.595. The van der Waals surface area contributed by atoms with E-state index in [1.807, 2.05) is 6.07 Å². The number of H-pyrrole nitrogens is 1. The van der Waals surface area contributed by atoms with Crippen molar-refractivity contribution in [3.8, 4) is 0 Å². The molecule has 0 bridgehead atoms. The molecule has 1 heterocycles. The molecule has 0 saturated heterocycles. The number of hydrogen-bond donors (Lipinski definition) is 2. The molecule has 1 aliphatic rings. The zero-order valence-electron chi connectivity index (χ0n) is 6.83. The molecule has 1 fully saturated rings. The van der Waals surface area contributed by atoms with E-state index in [9.17, 15) is 0 Å². The van der Waals surface area contributed by atoms with Crippen molar-refractivity contribution in [3.05, 3.63) is 18.0 Å². The Morgan fingerprint density at radius 3 is 2.64 bits per heavy atom. The van der Waals surface area contributed by atoms with Gasteiger partial charge < -0.3 is 5.73 Å². The lowest BCUT2D eigenvalue weighted by Crippen LogP contribution is -2.06. The third-order valence-electron chi connectivity index (χ3n) is 2.77. The Morgan fingerprint density at radius 1 is 1.64 bits per heavy atom. The fourth-order valence-corrected chi connectivity index (χ4v) is 1.71. The van der Waals surface area contributed by atoms with Gasteiger partial charge in [0.25, 0.3) is 0 Å². The topological polar surface area (TPSA) is 54.7 Å². The van der Waals surface area contributed by atoms with Gasteiger partial charge in [0.15, 0.2) is 0 Å². The van der Waals surface area contributed by atoms with Gasteiger partial charge in [-0.05, 0) is 11.5 Å². The van der Waals surface area contributed by atoms with Gasteiger partial charge in [-0.1, -0.05) is 13.8 Å². The summed E-state index contributed by atoms with van der Waals surface area (Å²) in [5, 5.41) is 6.86. The first-order valence-corrected chi connectivity index (χ1v) is 3.89. The van der Waals surface area contributed by atoms with Crippen molar-refractivity contribution in [2.24, 2.45) is 11.1 Å². The maximum Gasteiger partial charge on any atom is 0.0490 e. The van der Waals surface area contributed by atoms with Crippen molar-refractivity contribution in [1.29, 1.82) is 0 Å². The summed E-state index contributed by atoms with van der Waals surface area (Å²) in [5.74, 6) is 0.477. The normalized spacial score (nSPS) is 33.7. The average Bonchev–Trinajstić information content (AvgIpc) is 2.40. The van der Waals surface area contributed by atoms with E-state index in [4.69, 9.17) is 5.73 Å². The van der Waals surface area contributed by atoms with Crippen LogP contribution in [0.3, 0.4) is 0 Å². The number of rotatable bonds is 1. The molecule has 0 aliphatic heterocycles. The summed E-state index contributed by atoms with van der Waals surface area (Å²) in [6.07, 6.45) is 1.77. The lowest BCUT2D eigenvalue weighted by atomic mass is 10.1. The van der Waals surface area contributed by atoms with Gasteiger partial charge in [0.1, 0.15) is 0 Å². The van der Waals surface area contributed by atoms with Crippen molar-refractivity contribution in [3.63, 3.8) is 0 Å². The second-order valence-corrected chi connectivity index (χ2v) is 3.84. The molecule has 0 aromatic carbocycles. The van der Waals surface area contributed by atoms with E-state index >= 15 is 0 Å². The van der Waals surface area contributed by atoms with Crippen molar-refractivity contribution in [2.75, 3.05) is 0 Å². The molecule has 0 unspecified atom stereocenters. The Labute approximate surface area is 66.0 Å². The first-order chi connectivity index (χ1) is 5.14. The van der Waals surface area contributed by atoms with Gasteiger partial charge in [0, 0.05) is 23.9 Å². The summed E-state index contributed by atoms with van der Waals surface area (Å²) >= 11 is 0. The van der Waals surface area contributed by atoms with Crippen LogP contribution in [0.2, 0.25) is 0 Å².